The molecule has 2 fully saturated rings. The Hall–Kier alpha value is -2.49. The highest BCUT2D eigenvalue weighted by molar-refractivity contribution is 7.91. The number of aromatic amines is 1. The van der Waals surface area contributed by atoms with Crippen LogP contribution in [0.1, 0.15) is 44.4 Å². The van der Waals surface area contributed by atoms with Crippen molar-refractivity contribution in [1.29, 1.82) is 0 Å². The fourth-order valence-corrected chi connectivity index (χ4v) is 5.59. The van der Waals surface area contributed by atoms with Gasteiger partial charge in [-0.2, -0.15) is 0 Å². The normalized spacial score (nSPS) is 21.2. The first-order valence-electron chi connectivity index (χ1n) is 11.9. The molecule has 5 rings (SSSR count). The number of hydrogen-bond acceptors (Lipinski definition) is 7. The third-order valence-electron chi connectivity index (χ3n) is 7.34. The number of aromatic nitrogens is 3. The highest BCUT2D eigenvalue weighted by Gasteiger charge is 2.38. The van der Waals surface area contributed by atoms with Gasteiger partial charge in [0.15, 0.2) is 9.84 Å². The van der Waals surface area contributed by atoms with Gasteiger partial charge < -0.3 is 19.9 Å². The van der Waals surface area contributed by atoms with Gasteiger partial charge in [0, 0.05) is 18.5 Å². The van der Waals surface area contributed by atoms with Gasteiger partial charge in [-0.05, 0) is 76.1 Å². The first-order chi connectivity index (χ1) is 16.2. The molecule has 9 heteroatoms. The summed E-state index contributed by atoms with van der Waals surface area (Å²) in [6.07, 6.45) is 4.57. The van der Waals surface area contributed by atoms with Gasteiger partial charge in [0.1, 0.15) is 5.82 Å². The second-order valence-corrected chi connectivity index (χ2v) is 12.6. The Morgan fingerprint density at radius 2 is 1.85 bits per heavy atom. The van der Waals surface area contributed by atoms with Crippen molar-refractivity contribution in [3.63, 3.8) is 0 Å². The minimum absolute atomic E-state index is 0.258. The first kappa shape index (κ1) is 23.3. The fourth-order valence-electron chi connectivity index (χ4n) is 5.04. The van der Waals surface area contributed by atoms with Crippen LogP contribution in [0.4, 0.5) is 5.82 Å². The predicted octanol–water partition coefficient (Wildman–Crippen LogP) is 3.38. The van der Waals surface area contributed by atoms with E-state index in [-0.39, 0.29) is 12.1 Å². The highest BCUT2D eigenvalue weighted by Crippen LogP contribution is 2.37. The summed E-state index contributed by atoms with van der Waals surface area (Å²) in [5, 5.41) is 3.15. The number of piperidine rings is 1. The topological polar surface area (TPSA) is 100 Å². The molecular formula is C25H33N5O3S. The van der Waals surface area contributed by atoms with Crippen LogP contribution in [0, 0.1) is 0 Å². The van der Waals surface area contributed by atoms with E-state index in [9.17, 15) is 8.42 Å². The highest BCUT2D eigenvalue weighted by atomic mass is 32.2. The molecule has 0 radical (unpaired) electrons. The quantitative estimate of drug-likeness (QED) is 0.554. The van der Waals surface area contributed by atoms with Crippen LogP contribution in [0.2, 0.25) is 0 Å². The molecule has 2 saturated heterocycles. The molecule has 5 heterocycles. The summed E-state index contributed by atoms with van der Waals surface area (Å²) in [6, 6.07) is 10.4. The molecule has 2 bridgehead atoms. The summed E-state index contributed by atoms with van der Waals surface area (Å²) in [5.74, 6) is 0.814. The zero-order valence-electron chi connectivity index (χ0n) is 20.3. The van der Waals surface area contributed by atoms with Crippen LogP contribution in [0.5, 0.6) is 0 Å². The van der Waals surface area contributed by atoms with Gasteiger partial charge in [-0.15, -0.1) is 0 Å². The lowest BCUT2D eigenvalue weighted by Gasteiger charge is -2.46. The molecule has 3 aromatic rings. The number of hydrogen-bond donors (Lipinski definition) is 2. The number of rotatable bonds is 6. The number of anilines is 1. The summed E-state index contributed by atoms with van der Waals surface area (Å²) in [5.41, 5.74) is 5.03. The number of pyridine rings is 2. The Balaban J connectivity index is 1.65. The van der Waals surface area contributed by atoms with E-state index in [0.717, 1.165) is 53.2 Å². The average molecular weight is 484 g/mol. The van der Waals surface area contributed by atoms with Crippen molar-refractivity contribution in [2.45, 2.75) is 56.5 Å². The van der Waals surface area contributed by atoms with E-state index < -0.39 is 14.6 Å². The monoisotopic (exact) mass is 483 g/mol. The second kappa shape index (κ2) is 8.62. The first-order valence-corrected chi connectivity index (χ1v) is 13.8. The van der Waals surface area contributed by atoms with E-state index in [2.05, 4.69) is 15.2 Å². The molecule has 2 atom stereocenters. The minimum Gasteiger partial charge on any atom is -0.377 e. The van der Waals surface area contributed by atoms with E-state index in [0.29, 0.717) is 18.9 Å². The van der Waals surface area contributed by atoms with Crippen LogP contribution >= 0.6 is 0 Å². The van der Waals surface area contributed by atoms with Crippen LogP contribution in [0.15, 0.2) is 30.3 Å². The number of sulfone groups is 1. The maximum absolute atomic E-state index is 12.7. The third kappa shape index (κ3) is 4.10. The van der Waals surface area contributed by atoms with Crippen molar-refractivity contribution < 1.29 is 13.2 Å². The number of fused-ring (bicyclic) bond motifs is 3. The third-order valence-corrected chi connectivity index (χ3v) is 9.43. The SMILES string of the molecule is CNCc1cc2nc(-c3cc(C(C)(C)S(C)(=O)=O)cc(N4C5CCCC4COC5)n3)ccc2[nH]1. The van der Waals surface area contributed by atoms with Crippen LogP contribution in [0.25, 0.3) is 22.4 Å². The molecule has 0 aliphatic carbocycles. The van der Waals surface area contributed by atoms with E-state index >= 15 is 0 Å². The Bertz CT molecular complexity index is 1300. The Labute approximate surface area is 201 Å². The summed E-state index contributed by atoms with van der Waals surface area (Å²) in [4.78, 5) is 15.7. The molecule has 2 N–H and O–H groups in total. The number of ether oxygens (including phenoxy) is 1. The van der Waals surface area contributed by atoms with Crippen LogP contribution in [-0.2, 0) is 25.9 Å². The second-order valence-electron chi connectivity index (χ2n) is 10.0. The van der Waals surface area contributed by atoms with E-state index in [1.165, 1.54) is 12.7 Å². The van der Waals surface area contributed by atoms with Gasteiger partial charge in [0.05, 0.1) is 52.5 Å². The lowest BCUT2D eigenvalue weighted by atomic mass is 9.93. The maximum Gasteiger partial charge on any atom is 0.156 e. The molecule has 0 amide bonds. The van der Waals surface area contributed by atoms with Crippen molar-refractivity contribution in [3.8, 4) is 11.4 Å². The molecule has 2 aliphatic rings. The summed E-state index contributed by atoms with van der Waals surface area (Å²) in [6.45, 7) is 5.60. The van der Waals surface area contributed by atoms with Crippen molar-refractivity contribution in [2.24, 2.45) is 0 Å². The van der Waals surface area contributed by atoms with Crippen molar-refractivity contribution in [1.82, 2.24) is 20.3 Å². The predicted molar refractivity (Wildman–Crippen MR) is 135 cm³/mol. The number of morpholine rings is 1. The van der Waals surface area contributed by atoms with Crippen LogP contribution in [0.3, 0.4) is 0 Å². The Morgan fingerprint density at radius 3 is 2.53 bits per heavy atom. The molecular weight excluding hydrogens is 450 g/mol. The van der Waals surface area contributed by atoms with E-state index in [1.807, 2.05) is 37.4 Å². The van der Waals surface area contributed by atoms with Gasteiger partial charge in [0.2, 0.25) is 0 Å². The molecule has 182 valence electrons. The summed E-state index contributed by atoms with van der Waals surface area (Å²) in [7, 11) is -1.45. The average Bonchev–Trinajstić information content (AvgIpc) is 3.19. The molecule has 3 aromatic heterocycles. The largest absolute Gasteiger partial charge is 0.377 e. The van der Waals surface area contributed by atoms with E-state index in [4.69, 9.17) is 14.7 Å². The Kier molecular flexibility index (Phi) is 5.90. The number of nitrogens with one attached hydrogen (secondary N) is 2. The van der Waals surface area contributed by atoms with Crippen molar-refractivity contribution in [3.05, 3.63) is 41.6 Å². The van der Waals surface area contributed by atoms with E-state index in [1.54, 1.807) is 13.8 Å². The van der Waals surface area contributed by atoms with Gasteiger partial charge >= 0.3 is 0 Å². The smallest absolute Gasteiger partial charge is 0.156 e. The minimum atomic E-state index is -3.36. The molecule has 0 spiro atoms. The van der Waals surface area contributed by atoms with Crippen LogP contribution in [-0.4, -0.2) is 62.0 Å². The molecule has 34 heavy (non-hydrogen) atoms. The lowest BCUT2D eigenvalue weighted by Crippen LogP contribution is -2.55. The molecule has 2 unspecified atom stereocenters. The zero-order chi connectivity index (χ0) is 24.1. The van der Waals surface area contributed by atoms with Crippen LogP contribution < -0.4 is 10.2 Å². The number of nitrogens with zero attached hydrogens (tertiary/aromatic N) is 3. The number of H-pyrrole nitrogens is 1. The fraction of sp³-hybridized carbons (Fsp3) is 0.520. The standard InChI is InChI=1S/C25H33N5O3S/c1-25(2,34(4,31)32)16-10-22(21-9-8-20-23(28-21)12-17(27-20)13-26-3)29-24(11-16)30-18-6-5-7-19(30)15-33-14-18/h8-12,18-19,26-27H,5-7,13-15H2,1-4H3. The lowest BCUT2D eigenvalue weighted by molar-refractivity contribution is 0.0458. The van der Waals surface area contributed by atoms with Crippen molar-refractivity contribution in [2.75, 3.05) is 31.4 Å². The zero-order valence-corrected chi connectivity index (χ0v) is 21.1. The van der Waals surface area contributed by atoms with Crippen molar-refractivity contribution >= 4 is 26.7 Å². The maximum atomic E-state index is 12.7. The molecule has 0 saturated carbocycles. The summed E-state index contributed by atoms with van der Waals surface area (Å²) < 4.78 is 30.3. The van der Waals surface area contributed by atoms with Gasteiger partial charge in [-0.3, -0.25) is 0 Å². The van der Waals surface area contributed by atoms with Gasteiger partial charge in [-0.1, -0.05) is 0 Å². The molecule has 2 aliphatic heterocycles. The summed E-state index contributed by atoms with van der Waals surface area (Å²) >= 11 is 0. The van der Waals surface area contributed by atoms with Gasteiger partial charge in [0.25, 0.3) is 0 Å². The molecule has 8 nitrogen and oxygen atoms in total. The Morgan fingerprint density at radius 1 is 1.12 bits per heavy atom. The molecule has 0 aromatic carbocycles. The van der Waals surface area contributed by atoms with Gasteiger partial charge in [-0.25, -0.2) is 18.4 Å².